The number of carboxylic acid groups (broad SMARTS) is 1. The number of carbonyl (C=O) groups is 1. The number of aryl methyl sites for hydroxylation is 1. The van der Waals surface area contributed by atoms with Crippen LogP contribution in [0, 0.1) is 0 Å². The zero-order valence-corrected chi connectivity index (χ0v) is 9.35. The maximum Gasteiger partial charge on any atom is 0.354 e. The summed E-state index contributed by atoms with van der Waals surface area (Å²) in [4.78, 5) is 11.0. The summed E-state index contributed by atoms with van der Waals surface area (Å²) >= 11 is 0. The van der Waals surface area contributed by atoms with Crippen molar-refractivity contribution in [3.8, 4) is 0 Å². The molecule has 16 heavy (non-hydrogen) atoms. The van der Waals surface area contributed by atoms with E-state index in [2.05, 4.69) is 5.10 Å². The highest BCUT2D eigenvalue weighted by molar-refractivity contribution is 5.85. The van der Waals surface area contributed by atoms with Crippen molar-refractivity contribution in [2.75, 3.05) is 13.2 Å². The van der Waals surface area contributed by atoms with Crippen LogP contribution in [-0.2, 0) is 11.3 Å². The Hall–Kier alpha value is -1.36. The van der Waals surface area contributed by atoms with Crippen LogP contribution in [-0.4, -0.2) is 34.1 Å². The molecule has 2 heterocycles. The lowest BCUT2D eigenvalue weighted by atomic mass is 10.1. The number of nitrogens with zero attached hydrogens (tertiary/aromatic N) is 2. The van der Waals surface area contributed by atoms with Gasteiger partial charge in [-0.25, -0.2) is 4.79 Å². The lowest BCUT2D eigenvalue weighted by Crippen LogP contribution is -2.09. The van der Waals surface area contributed by atoms with Crippen molar-refractivity contribution < 1.29 is 14.6 Å². The Morgan fingerprint density at radius 3 is 3.12 bits per heavy atom. The van der Waals surface area contributed by atoms with E-state index in [-0.39, 0.29) is 11.6 Å². The van der Waals surface area contributed by atoms with Gasteiger partial charge in [-0.05, 0) is 18.9 Å². The molecular weight excluding hydrogens is 208 g/mol. The summed E-state index contributed by atoms with van der Waals surface area (Å²) in [5.74, 6) is -0.651. The summed E-state index contributed by atoms with van der Waals surface area (Å²) in [6.07, 6.45) is 1.81. The van der Waals surface area contributed by atoms with Crippen LogP contribution >= 0.6 is 0 Å². The van der Waals surface area contributed by atoms with Crippen LogP contribution in [0.2, 0.25) is 0 Å². The predicted octanol–water partition coefficient (Wildman–Crippen LogP) is 1.50. The fourth-order valence-electron chi connectivity index (χ4n) is 1.96. The average molecular weight is 224 g/mol. The molecule has 1 aliphatic heterocycles. The van der Waals surface area contributed by atoms with Gasteiger partial charge in [-0.1, -0.05) is 6.92 Å². The molecule has 0 aromatic carbocycles. The first-order chi connectivity index (χ1) is 7.72. The van der Waals surface area contributed by atoms with Crippen molar-refractivity contribution in [3.05, 3.63) is 17.5 Å². The molecule has 0 radical (unpaired) electrons. The molecule has 0 saturated carbocycles. The van der Waals surface area contributed by atoms with Crippen LogP contribution in [0.25, 0.3) is 0 Å². The molecule has 1 unspecified atom stereocenters. The minimum Gasteiger partial charge on any atom is -0.477 e. The van der Waals surface area contributed by atoms with Gasteiger partial charge in [0.15, 0.2) is 0 Å². The highest BCUT2D eigenvalue weighted by atomic mass is 16.5. The third kappa shape index (κ3) is 2.09. The van der Waals surface area contributed by atoms with E-state index in [1.165, 1.54) is 0 Å². The predicted molar refractivity (Wildman–Crippen MR) is 57.7 cm³/mol. The summed E-state index contributed by atoms with van der Waals surface area (Å²) < 4.78 is 6.86. The quantitative estimate of drug-likeness (QED) is 0.841. The maximum atomic E-state index is 11.0. The Morgan fingerprint density at radius 2 is 2.56 bits per heavy atom. The summed E-state index contributed by atoms with van der Waals surface area (Å²) in [6.45, 7) is 4.05. The van der Waals surface area contributed by atoms with E-state index in [4.69, 9.17) is 9.84 Å². The minimum atomic E-state index is -0.911. The zero-order chi connectivity index (χ0) is 11.5. The third-order valence-corrected chi connectivity index (χ3v) is 2.80. The maximum absolute atomic E-state index is 11.0. The highest BCUT2D eigenvalue weighted by Crippen LogP contribution is 2.24. The van der Waals surface area contributed by atoms with E-state index in [1.54, 1.807) is 10.7 Å². The highest BCUT2D eigenvalue weighted by Gasteiger charge is 2.23. The third-order valence-electron chi connectivity index (χ3n) is 2.80. The second-order valence-corrected chi connectivity index (χ2v) is 4.04. The van der Waals surface area contributed by atoms with Gasteiger partial charge < -0.3 is 9.84 Å². The number of hydrogen-bond acceptors (Lipinski definition) is 3. The van der Waals surface area contributed by atoms with E-state index < -0.39 is 5.97 Å². The summed E-state index contributed by atoms with van der Waals surface area (Å²) in [5, 5.41) is 13.4. The van der Waals surface area contributed by atoms with Crippen LogP contribution < -0.4 is 0 Å². The molecule has 1 atom stereocenters. The summed E-state index contributed by atoms with van der Waals surface area (Å²) in [7, 11) is 0. The Kier molecular flexibility index (Phi) is 3.24. The first kappa shape index (κ1) is 11.1. The van der Waals surface area contributed by atoms with Crippen LogP contribution in [0.3, 0.4) is 0 Å². The summed E-state index contributed by atoms with van der Waals surface area (Å²) in [5.41, 5.74) is 1.13. The Labute approximate surface area is 94.0 Å². The van der Waals surface area contributed by atoms with Gasteiger partial charge in [0, 0.05) is 19.1 Å². The van der Waals surface area contributed by atoms with Gasteiger partial charge in [0.2, 0.25) is 0 Å². The van der Waals surface area contributed by atoms with Crippen molar-refractivity contribution in [2.45, 2.75) is 32.2 Å². The number of aromatic carboxylic acids is 1. The standard InChI is InChI=1S/C11H16N2O3/c1-2-4-13-10(11(14)15)6-9(12-13)8-3-5-16-7-8/h6,8H,2-5,7H2,1H3,(H,14,15). The SMILES string of the molecule is CCCn1nc(C2CCOC2)cc1C(=O)O. The van der Waals surface area contributed by atoms with Gasteiger partial charge in [0.05, 0.1) is 12.3 Å². The zero-order valence-electron chi connectivity index (χ0n) is 9.35. The molecule has 5 nitrogen and oxygen atoms in total. The van der Waals surface area contributed by atoms with Gasteiger partial charge in [-0.15, -0.1) is 0 Å². The summed E-state index contributed by atoms with van der Waals surface area (Å²) in [6, 6.07) is 1.68. The van der Waals surface area contributed by atoms with Crippen molar-refractivity contribution in [2.24, 2.45) is 0 Å². The van der Waals surface area contributed by atoms with E-state index in [0.29, 0.717) is 13.2 Å². The number of rotatable bonds is 4. The van der Waals surface area contributed by atoms with Gasteiger partial charge in [-0.3, -0.25) is 4.68 Å². The van der Waals surface area contributed by atoms with Gasteiger partial charge in [0.25, 0.3) is 0 Å². The normalized spacial score (nSPS) is 20.2. The first-order valence-corrected chi connectivity index (χ1v) is 5.61. The molecule has 1 N–H and O–H groups in total. The van der Waals surface area contributed by atoms with Gasteiger partial charge in [-0.2, -0.15) is 5.10 Å². The second kappa shape index (κ2) is 4.65. The molecular formula is C11H16N2O3. The van der Waals surface area contributed by atoms with Gasteiger partial charge >= 0.3 is 5.97 Å². The number of aromatic nitrogens is 2. The molecule has 88 valence electrons. The van der Waals surface area contributed by atoms with Crippen molar-refractivity contribution in [1.29, 1.82) is 0 Å². The molecule has 0 aliphatic carbocycles. The Balaban J connectivity index is 2.26. The van der Waals surface area contributed by atoms with Crippen LogP contribution in [0.5, 0.6) is 0 Å². The largest absolute Gasteiger partial charge is 0.477 e. The molecule has 1 saturated heterocycles. The van der Waals surface area contributed by atoms with Crippen molar-refractivity contribution in [1.82, 2.24) is 9.78 Å². The van der Waals surface area contributed by atoms with E-state index in [1.807, 2.05) is 6.92 Å². The molecule has 0 bridgehead atoms. The Morgan fingerprint density at radius 1 is 1.75 bits per heavy atom. The first-order valence-electron chi connectivity index (χ1n) is 5.61. The molecule has 1 fully saturated rings. The lowest BCUT2D eigenvalue weighted by molar-refractivity contribution is 0.0683. The van der Waals surface area contributed by atoms with Crippen LogP contribution in [0.1, 0.15) is 41.9 Å². The van der Waals surface area contributed by atoms with E-state index in [9.17, 15) is 4.79 Å². The number of hydrogen-bond donors (Lipinski definition) is 1. The molecule has 5 heteroatoms. The van der Waals surface area contributed by atoms with E-state index in [0.717, 1.165) is 25.1 Å². The molecule has 0 amide bonds. The monoisotopic (exact) mass is 224 g/mol. The van der Waals surface area contributed by atoms with Crippen LogP contribution in [0.4, 0.5) is 0 Å². The average Bonchev–Trinajstić information content (AvgIpc) is 2.83. The fourth-order valence-corrected chi connectivity index (χ4v) is 1.96. The van der Waals surface area contributed by atoms with Crippen molar-refractivity contribution >= 4 is 5.97 Å². The second-order valence-electron chi connectivity index (χ2n) is 4.04. The smallest absolute Gasteiger partial charge is 0.354 e. The Bertz CT molecular complexity index is 381. The van der Waals surface area contributed by atoms with E-state index >= 15 is 0 Å². The molecule has 0 spiro atoms. The lowest BCUT2D eigenvalue weighted by Gasteiger charge is -2.02. The van der Waals surface area contributed by atoms with Gasteiger partial charge in [0.1, 0.15) is 5.69 Å². The van der Waals surface area contributed by atoms with Crippen molar-refractivity contribution in [3.63, 3.8) is 0 Å². The topological polar surface area (TPSA) is 64.4 Å². The number of carboxylic acids is 1. The fraction of sp³-hybridized carbons (Fsp3) is 0.636. The molecule has 1 aliphatic rings. The molecule has 2 rings (SSSR count). The molecule has 1 aromatic rings. The number of ether oxygens (including phenoxy) is 1. The van der Waals surface area contributed by atoms with Crippen LogP contribution in [0.15, 0.2) is 6.07 Å². The minimum absolute atomic E-state index is 0.260. The molecule has 1 aromatic heterocycles.